The van der Waals surface area contributed by atoms with E-state index in [-0.39, 0.29) is 30.2 Å². The van der Waals surface area contributed by atoms with Crippen molar-refractivity contribution in [2.45, 2.75) is 32.7 Å². The molecule has 1 saturated heterocycles. The van der Waals surface area contributed by atoms with Crippen molar-refractivity contribution in [2.24, 2.45) is 5.92 Å². The van der Waals surface area contributed by atoms with Crippen molar-refractivity contribution in [3.8, 4) is 0 Å². The quantitative estimate of drug-likeness (QED) is 0.841. The Hall–Kier alpha value is -1.36. The Labute approximate surface area is 100 Å². The maximum Gasteiger partial charge on any atom is 0.292 e. The van der Waals surface area contributed by atoms with Crippen molar-refractivity contribution in [3.63, 3.8) is 0 Å². The zero-order valence-electron chi connectivity index (χ0n) is 10.2. The van der Waals surface area contributed by atoms with E-state index in [1.165, 1.54) is 0 Å². The lowest BCUT2D eigenvalue weighted by atomic mass is 9.94. The smallest absolute Gasteiger partial charge is 0.292 e. The van der Waals surface area contributed by atoms with Crippen LogP contribution < -0.4 is 0 Å². The Kier molecular flexibility index (Phi) is 3.47. The predicted octanol–water partition coefficient (Wildman–Crippen LogP) is 1.22. The average molecular weight is 238 g/mol. The molecule has 2 rings (SSSR count). The predicted molar refractivity (Wildman–Crippen MR) is 61.5 cm³/mol. The summed E-state index contributed by atoms with van der Waals surface area (Å²) in [5.41, 5.74) is 0.705. The first kappa shape index (κ1) is 12.1. The van der Waals surface area contributed by atoms with Gasteiger partial charge in [-0.15, -0.1) is 0 Å². The third-order valence-electron chi connectivity index (χ3n) is 3.34. The van der Waals surface area contributed by atoms with E-state index >= 15 is 0 Å². The van der Waals surface area contributed by atoms with Crippen molar-refractivity contribution in [1.82, 2.24) is 10.1 Å². The van der Waals surface area contributed by atoms with E-state index in [1.54, 1.807) is 17.9 Å². The van der Waals surface area contributed by atoms with Crippen LogP contribution in [0.2, 0.25) is 0 Å². The summed E-state index contributed by atoms with van der Waals surface area (Å²) in [4.78, 5) is 14.0. The molecule has 5 nitrogen and oxygen atoms in total. The lowest BCUT2D eigenvalue weighted by molar-refractivity contribution is 0.0451. The second-order valence-corrected chi connectivity index (χ2v) is 4.77. The molecule has 0 radical (unpaired) electrons. The number of likely N-dealkylation sites (tertiary alicyclic amines) is 1. The topological polar surface area (TPSA) is 66.6 Å². The van der Waals surface area contributed by atoms with Crippen molar-refractivity contribution in [3.05, 3.63) is 17.5 Å². The number of carbonyl (C=O) groups is 1. The summed E-state index contributed by atoms with van der Waals surface area (Å²) in [6.45, 7) is 4.54. The molecule has 94 valence electrons. The first-order chi connectivity index (χ1) is 8.11. The average Bonchev–Trinajstić information content (AvgIpc) is 2.76. The van der Waals surface area contributed by atoms with Crippen molar-refractivity contribution in [2.75, 3.05) is 13.2 Å². The molecule has 0 spiro atoms. The van der Waals surface area contributed by atoms with Gasteiger partial charge in [0.05, 0.1) is 5.69 Å². The highest BCUT2D eigenvalue weighted by Gasteiger charge is 2.30. The van der Waals surface area contributed by atoms with Gasteiger partial charge in [0.2, 0.25) is 5.76 Å². The number of aliphatic hydroxyl groups excluding tert-OH is 1. The number of rotatable bonds is 2. The monoisotopic (exact) mass is 238 g/mol. The Morgan fingerprint density at radius 2 is 2.41 bits per heavy atom. The molecule has 2 unspecified atom stereocenters. The molecule has 5 heteroatoms. The maximum absolute atomic E-state index is 12.2. The molecular formula is C12H18N2O3. The molecule has 1 aliphatic rings. The van der Waals surface area contributed by atoms with E-state index in [2.05, 4.69) is 5.16 Å². The summed E-state index contributed by atoms with van der Waals surface area (Å²) in [6, 6.07) is 1.84. The molecule has 1 amide bonds. The molecule has 0 aromatic carbocycles. The lowest BCUT2D eigenvalue weighted by Crippen LogP contribution is -2.46. The highest BCUT2D eigenvalue weighted by atomic mass is 16.5. The molecule has 1 aliphatic heterocycles. The van der Waals surface area contributed by atoms with Gasteiger partial charge in [-0.25, -0.2) is 0 Å². The molecule has 2 atom stereocenters. The summed E-state index contributed by atoms with van der Waals surface area (Å²) in [5, 5.41) is 12.9. The Bertz CT molecular complexity index is 402. The molecule has 1 aromatic heterocycles. The second kappa shape index (κ2) is 4.87. The number of piperidine rings is 1. The SMILES string of the molecule is Cc1cc(C(=O)N2CC(CO)CCC2C)on1. The second-order valence-electron chi connectivity index (χ2n) is 4.77. The Morgan fingerprint density at radius 1 is 1.65 bits per heavy atom. The van der Waals surface area contributed by atoms with Gasteiger partial charge in [-0.3, -0.25) is 4.79 Å². The zero-order chi connectivity index (χ0) is 12.4. The molecule has 0 saturated carbocycles. The van der Waals surface area contributed by atoms with Crippen LogP contribution in [-0.2, 0) is 0 Å². The summed E-state index contributed by atoms with van der Waals surface area (Å²) in [6.07, 6.45) is 1.89. The van der Waals surface area contributed by atoms with Crippen LogP contribution in [0.4, 0.5) is 0 Å². The van der Waals surface area contributed by atoms with Crippen LogP contribution in [0.25, 0.3) is 0 Å². The molecule has 1 N–H and O–H groups in total. The van der Waals surface area contributed by atoms with E-state index in [9.17, 15) is 9.90 Å². The number of aliphatic hydroxyl groups is 1. The minimum absolute atomic E-state index is 0.128. The largest absolute Gasteiger partial charge is 0.396 e. The van der Waals surface area contributed by atoms with Crippen LogP contribution in [0.5, 0.6) is 0 Å². The van der Waals surface area contributed by atoms with Crippen LogP contribution in [0.1, 0.15) is 36.0 Å². The molecule has 17 heavy (non-hydrogen) atoms. The van der Waals surface area contributed by atoms with Crippen LogP contribution in [0.15, 0.2) is 10.6 Å². The van der Waals surface area contributed by atoms with Gasteiger partial charge in [-0.05, 0) is 32.6 Å². The number of carbonyl (C=O) groups excluding carboxylic acids is 1. The number of hydrogen-bond acceptors (Lipinski definition) is 4. The fraction of sp³-hybridized carbons (Fsp3) is 0.667. The minimum atomic E-state index is -0.128. The molecule has 2 heterocycles. The van der Waals surface area contributed by atoms with Crippen LogP contribution in [0.3, 0.4) is 0 Å². The summed E-state index contributed by atoms with van der Waals surface area (Å²) < 4.78 is 4.99. The molecule has 0 bridgehead atoms. The van der Waals surface area contributed by atoms with Crippen LogP contribution in [-0.4, -0.2) is 40.3 Å². The van der Waals surface area contributed by atoms with E-state index in [4.69, 9.17) is 4.52 Å². The van der Waals surface area contributed by atoms with E-state index in [0.717, 1.165) is 12.8 Å². The van der Waals surface area contributed by atoms with E-state index in [1.807, 2.05) is 6.92 Å². The Morgan fingerprint density at radius 3 is 3.00 bits per heavy atom. The number of amides is 1. The van der Waals surface area contributed by atoms with Gasteiger partial charge in [0.25, 0.3) is 5.91 Å². The molecule has 1 aromatic rings. The van der Waals surface area contributed by atoms with Gasteiger partial charge in [0.15, 0.2) is 0 Å². The molecule has 0 aliphatic carbocycles. The van der Waals surface area contributed by atoms with Crippen molar-refractivity contribution < 1.29 is 14.4 Å². The highest BCUT2D eigenvalue weighted by molar-refractivity contribution is 5.91. The van der Waals surface area contributed by atoms with Gasteiger partial charge in [0, 0.05) is 25.3 Å². The van der Waals surface area contributed by atoms with Gasteiger partial charge in [-0.2, -0.15) is 0 Å². The third-order valence-corrected chi connectivity index (χ3v) is 3.34. The fourth-order valence-electron chi connectivity index (χ4n) is 2.22. The van der Waals surface area contributed by atoms with Gasteiger partial charge < -0.3 is 14.5 Å². The normalized spacial score (nSPS) is 25.0. The summed E-state index contributed by atoms with van der Waals surface area (Å²) in [5.74, 6) is 0.336. The highest BCUT2D eigenvalue weighted by Crippen LogP contribution is 2.23. The summed E-state index contributed by atoms with van der Waals surface area (Å²) >= 11 is 0. The first-order valence-corrected chi connectivity index (χ1v) is 5.97. The Balaban J connectivity index is 2.12. The standard InChI is InChI=1S/C12H18N2O3/c1-8-5-11(17-13-8)12(16)14-6-10(7-15)4-3-9(14)2/h5,9-10,15H,3-4,6-7H2,1-2H3. The number of aryl methyl sites for hydroxylation is 1. The summed E-state index contributed by atoms with van der Waals surface area (Å²) in [7, 11) is 0. The van der Waals surface area contributed by atoms with Gasteiger partial charge in [0.1, 0.15) is 0 Å². The number of aromatic nitrogens is 1. The fourth-order valence-corrected chi connectivity index (χ4v) is 2.22. The van der Waals surface area contributed by atoms with Gasteiger partial charge in [-0.1, -0.05) is 5.16 Å². The zero-order valence-corrected chi connectivity index (χ0v) is 10.2. The minimum Gasteiger partial charge on any atom is -0.396 e. The van der Waals surface area contributed by atoms with Crippen LogP contribution in [0, 0.1) is 12.8 Å². The van der Waals surface area contributed by atoms with Crippen molar-refractivity contribution >= 4 is 5.91 Å². The van der Waals surface area contributed by atoms with Gasteiger partial charge >= 0.3 is 0 Å². The molecule has 1 fully saturated rings. The first-order valence-electron chi connectivity index (χ1n) is 5.97. The van der Waals surface area contributed by atoms with Crippen molar-refractivity contribution in [1.29, 1.82) is 0 Å². The van der Waals surface area contributed by atoms with Crippen LogP contribution >= 0.6 is 0 Å². The van der Waals surface area contributed by atoms with E-state index < -0.39 is 0 Å². The lowest BCUT2D eigenvalue weighted by Gasteiger charge is -2.36. The maximum atomic E-state index is 12.2. The number of nitrogens with zero attached hydrogens (tertiary/aromatic N) is 2. The number of hydrogen-bond donors (Lipinski definition) is 1. The third kappa shape index (κ3) is 2.49. The molecular weight excluding hydrogens is 220 g/mol. The van der Waals surface area contributed by atoms with E-state index in [0.29, 0.717) is 12.2 Å².